The molecule has 1 aromatic carbocycles. The number of carbonyl (C=O) groups is 1. The molecule has 1 aliphatic heterocycles. The van der Waals surface area contributed by atoms with E-state index in [1.807, 2.05) is 5.38 Å². The number of benzene rings is 1. The molecule has 4 rings (SSSR count). The third-order valence-corrected chi connectivity index (χ3v) is 5.83. The molecule has 3 heterocycles. The van der Waals surface area contributed by atoms with Gasteiger partial charge in [0.2, 0.25) is 5.91 Å². The zero-order valence-corrected chi connectivity index (χ0v) is 14.4. The Labute approximate surface area is 146 Å². The average Bonchev–Trinajstić information content (AvgIpc) is 3.24. The summed E-state index contributed by atoms with van der Waals surface area (Å²) in [4.78, 5) is 23.2. The summed E-state index contributed by atoms with van der Waals surface area (Å²) in [6.07, 6.45) is 3.46. The SMILES string of the molecule is O=C(Nc1nccs1)C1CCCN(c2nc3ccc(F)cc3s2)C1. The summed E-state index contributed by atoms with van der Waals surface area (Å²) in [5.74, 6) is -0.342. The third-order valence-electron chi connectivity index (χ3n) is 4.06. The van der Waals surface area contributed by atoms with Gasteiger partial charge in [0.15, 0.2) is 10.3 Å². The number of hydrogen-bond acceptors (Lipinski definition) is 6. The normalized spacial score (nSPS) is 18.0. The van der Waals surface area contributed by atoms with Gasteiger partial charge in [-0.2, -0.15) is 0 Å². The number of anilines is 2. The number of piperidine rings is 1. The first kappa shape index (κ1) is 15.5. The van der Waals surface area contributed by atoms with Crippen molar-refractivity contribution in [3.8, 4) is 0 Å². The van der Waals surface area contributed by atoms with E-state index in [0.717, 1.165) is 34.7 Å². The van der Waals surface area contributed by atoms with Gasteiger partial charge in [-0.3, -0.25) is 4.79 Å². The number of rotatable bonds is 3. The monoisotopic (exact) mass is 362 g/mol. The fourth-order valence-corrected chi connectivity index (χ4v) is 4.44. The number of nitrogens with one attached hydrogen (secondary N) is 1. The van der Waals surface area contributed by atoms with E-state index < -0.39 is 0 Å². The highest BCUT2D eigenvalue weighted by Gasteiger charge is 2.27. The van der Waals surface area contributed by atoms with Gasteiger partial charge in [0.05, 0.1) is 16.1 Å². The van der Waals surface area contributed by atoms with Crippen molar-refractivity contribution in [2.24, 2.45) is 5.92 Å². The lowest BCUT2D eigenvalue weighted by atomic mass is 9.97. The molecule has 5 nitrogen and oxygen atoms in total. The van der Waals surface area contributed by atoms with Crippen molar-refractivity contribution >= 4 is 49.1 Å². The number of aromatic nitrogens is 2. The Bertz CT molecular complexity index is 864. The Hall–Kier alpha value is -2.06. The molecule has 1 unspecified atom stereocenters. The zero-order chi connectivity index (χ0) is 16.5. The number of fused-ring (bicyclic) bond motifs is 1. The summed E-state index contributed by atoms with van der Waals surface area (Å²) in [6, 6.07) is 4.63. The highest BCUT2D eigenvalue weighted by molar-refractivity contribution is 7.22. The average molecular weight is 362 g/mol. The molecular weight excluding hydrogens is 347 g/mol. The van der Waals surface area contributed by atoms with E-state index in [1.165, 1.54) is 34.8 Å². The minimum absolute atomic E-state index is 0.00167. The number of hydrogen-bond donors (Lipinski definition) is 1. The number of amides is 1. The van der Waals surface area contributed by atoms with Gasteiger partial charge in [-0.15, -0.1) is 11.3 Å². The van der Waals surface area contributed by atoms with E-state index in [4.69, 9.17) is 0 Å². The zero-order valence-electron chi connectivity index (χ0n) is 12.7. The van der Waals surface area contributed by atoms with Gasteiger partial charge in [0, 0.05) is 24.7 Å². The molecule has 0 aliphatic carbocycles. The van der Waals surface area contributed by atoms with Gasteiger partial charge < -0.3 is 10.2 Å². The third kappa shape index (κ3) is 3.11. The molecule has 2 aromatic heterocycles. The van der Waals surface area contributed by atoms with E-state index in [9.17, 15) is 9.18 Å². The van der Waals surface area contributed by atoms with Gasteiger partial charge in [0.25, 0.3) is 0 Å². The fraction of sp³-hybridized carbons (Fsp3) is 0.312. The highest BCUT2D eigenvalue weighted by atomic mass is 32.1. The topological polar surface area (TPSA) is 58.1 Å². The maximum atomic E-state index is 13.3. The Balaban J connectivity index is 1.50. The van der Waals surface area contributed by atoms with Crippen molar-refractivity contribution in [1.82, 2.24) is 9.97 Å². The molecule has 0 saturated carbocycles. The van der Waals surface area contributed by atoms with Crippen LogP contribution in [-0.4, -0.2) is 29.0 Å². The summed E-state index contributed by atoms with van der Waals surface area (Å²) < 4.78 is 14.2. The molecule has 24 heavy (non-hydrogen) atoms. The van der Waals surface area contributed by atoms with Crippen molar-refractivity contribution in [3.63, 3.8) is 0 Å². The minimum Gasteiger partial charge on any atom is -0.347 e. The van der Waals surface area contributed by atoms with Gasteiger partial charge >= 0.3 is 0 Å². The second-order valence-corrected chi connectivity index (χ2v) is 7.62. The number of halogens is 1. The molecule has 1 fully saturated rings. The molecule has 3 aromatic rings. The van der Waals surface area contributed by atoms with Crippen LogP contribution in [0.25, 0.3) is 10.2 Å². The van der Waals surface area contributed by atoms with E-state index in [-0.39, 0.29) is 17.6 Å². The second kappa shape index (κ2) is 6.45. The predicted octanol–water partition coefficient (Wildman–Crippen LogP) is 3.75. The van der Waals surface area contributed by atoms with Crippen LogP contribution in [0, 0.1) is 11.7 Å². The Kier molecular flexibility index (Phi) is 4.15. The molecular formula is C16H15FN4OS2. The minimum atomic E-state index is -0.253. The largest absolute Gasteiger partial charge is 0.347 e. The molecule has 1 N–H and O–H groups in total. The van der Waals surface area contributed by atoms with E-state index in [2.05, 4.69) is 20.2 Å². The first-order chi connectivity index (χ1) is 11.7. The van der Waals surface area contributed by atoms with Gasteiger partial charge in [-0.05, 0) is 31.0 Å². The maximum absolute atomic E-state index is 13.3. The van der Waals surface area contributed by atoms with Crippen LogP contribution < -0.4 is 10.2 Å². The van der Waals surface area contributed by atoms with Crippen LogP contribution in [0.2, 0.25) is 0 Å². The van der Waals surface area contributed by atoms with E-state index in [1.54, 1.807) is 12.3 Å². The first-order valence-electron chi connectivity index (χ1n) is 7.70. The molecule has 0 bridgehead atoms. The lowest BCUT2D eigenvalue weighted by molar-refractivity contribution is -0.120. The standard InChI is InChI=1S/C16H15FN4OS2/c17-11-3-4-12-13(8-11)24-16(19-12)21-6-1-2-10(9-21)14(22)20-15-18-5-7-23-15/h3-5,7-8,10H,1-2,6,9H2,(H,18,20,22). The Morgan fingerprint density at radius 1 is 1.42 bits per heavy atom. The van der Waals surface area contributed by atoms with Crippen LogP contribution in [0.5, 0.6) is 0 Å². The molecule has 8 heteroatoms. The lowest BCUT2D eigenvalue weighted by Gasteiger charge is -2.31. The van der Waals surface area contributed by atoms with Crippen molar-refractivity contribution < 1.29 is 9.18 Å². The molecule has 1 atom stereocenters. The van der Waals surface area contributed by atoms with Crippen LogP contribution in [0.3, 0.4) is 0 Å². The fourth-order valence-electron chi connectivity index (χ4n) is 2.88. The van der Waals surface area contributed by atoms with Crippen LogP contribution >= 0.6 is 22.7 Å². The highest BCUT2D eigenvalue weighted by Crippen LogP contribution is 2.32. The summed E-state index contributed by atoms with van der Waals surface area (Å²) >= 11 is 2.88. The van der Waals surface area contributed by atoms with Crippen molar-refractivity contribution in [2.75, 3.05) is 23.3 Å². The lowest BCUT2D eigenvalue weighted by Crippen LogP contribution is -2.40. The first-order valence-corrected chi connectivity index (χ1v) is 9.40. The molecule has 1 aliphatic rings. The molecule has 1 saturated heterocycles. The van der Waals surface area contributed by atoms with Gasteiger partial charge in [-0.25, -0.2) is 14.4 Å². The Morgan fingerprint density at radius 2 is 2.33 bits per heavy atom. The van der Waals surface area contributed by atoms with Gasteiger partial charge in [0.1, 0.15) is 5.82 Å². The van der Waals surface area contributed by atoms with Crippen LogP contribution in [0.1, 0.15) is 12.8 Å². The van der Waals surface area contributed by atoms with Crippen molar-refractivity contribution in [1.29, 1.82) is 0 Å². The number of carbonyl (C=O) groups excluding carboxylic acids is 1. The summed E-state index contributed by atoms with van der Waals surface area (Å²) in [5, 5.41) is 6.19. The summed E-state index contributed by atoms with van der Waals surface area (Å²) in [7, 11) is 0. The predicted molar refractivity (Wildman–Crippen MR) is 95.3 cm³/mol. The smallest absolute Gasteiger partial charge is 0.231 e. The second-order valence-electron chi connectivity index (χ2n) is 5.72. The van der Waals surface area contributed by atoms with Crippen LogP contribution in [0.4, 0.5) is 14.7 Å². The van der Waals surface area contributed by atoms with Crippen molar-refractivity contribution in [2.45, 2.75) is 12.8 Å². The van der Waals surface area contributed by atoms with Crippen LogP contribution in [0.15, 0.2) is 29.8 Å². The van der Waals surface area contributed by atoms with Crippen LogP contribution in [-0.2, 0) is 4.79 Å². The molecule has 0 radical (unpaired) electrons. The van der Waals surface area contributed by atoms with Crippen molar-refractivity contribution in [3.05, 3.63) is 35.6 Å². The van der Waals surface area contributed by atoms with E-state index >= 15 is 0 Å². The maximum Gasteiger partial charge on any atom is 0.231 e. The molecule has 0 spiro atoms. The molecule has 124 valence electrons. The number of thiazole rings is 2. The van der Waals surface area contributed by atoms with Gasteiger partial charge in [-0.1, -0.05) is 11.3 Å². The van der Waals surface area contributed by atoms with E-state index in [0.29, 0.717) is 11.7 Å². The number of nitrogens with zero attached hydrogens (tertiary/aromatic N) is 3. The molecule has 1 amide bonds. The summed E-state index contributed by atoms with van der Waals surface area (Å²) in [5.41, 5.74) is 0.797. The Morgan fingerprint density at radius 3 is 3.17 bits per heavy atom. The summed E-state index contributed by atoms with van der Waals surface area (Å²) in [6.45, 7) is 1.49. The quantitative estimate of drug-likeness (QED) is 0.771.